The van der Waals surface area contributed by atoms with Crippen molar-refractivity contribution in [1.29, 1.82) is 0 Å². The zero-order valence-corrected chi connectivity index (χ0v) is 5.10. The van der Waals surface area contributed by atoms with Gasteiger partial charge in [0, 0.05) is 24.0 Å². The number of aliphatic carboxylic acids is 1. The molecule has 6 heteroatoms. The summed E-state index contributed by atoms with van der Waals surface area (Å²) >= 11 is 0. The van der Waals surface area contributed by atoms with Gasteiger partial charge in [-0.05, 0) is 0 Å². The predicted molar refractivity (Wildman–Crippen MR) is 24.2 cm³/mol. The number of hydrogen-bond donors (Lipinski definition) is 1. The molecule has 8 heavy (non-hydrogen) atoms. The van der Waals surface area contributed by atoms with Crippen LogP contribution >= 0.6 is 0 Å². The summed E-state index contributed by atoms with van der Waals surface area (Å²) in [5.41, 5.74) is 0. The van der Waals surface area contributed by atoms with E-state index < -0.39 is 5.97 Å². The summed E-state index contributed by atoms with van der Waals surface area (Å²) in [7, 11) is 0. The Morgan fingerprint density at radius 1 is 1.25 bits per heavy atom. The van der Waals surface area contributed by atoms with Gasteiger partial charge in [-0.1, -0.05) is 0 Å². The molecule has 0 aliphatic rings. The van der Waals surface area contributed by atoms with E-state index in [1.165, 1.54) is 0 Å². The van der Waals surface area contributed by atoms with E-state index in [1.807, 2.05) is 0 Å². The SMILES string of the molecule is CC(=O)O.O.O.O.[Cu]. The third-order valence-electron chi connectivity index (χ3n) is 0. The average molecular weight is 178 g/mol. The number of carbonyl (C=O) groups is 1. The molecule has 0 unspecified atom stereocenters. The van der Waals surface area contributed by atoms with Crippen LogP contribution in [0, 0.1) is 0 Å². The quantitative estimate of drug-likeness (QED) is 0.414. The smallest absolute Gasteiger partial charge is 0.300 e. The van der Waals surface area contributed by atoms with Crippen molar-refractivity contribution in [3.8, 4) is 0 Å². The normalized spacial score (nSPS) is 3.12. The van der Waals surface area contributed by atoms with Crippen LogP contribution in [0.3, 0.4) is 0 Å². The van der Waals surface area contributed by atoms with E-state index >= 15 is 0 Å². The second-order valence-electron chi connectivity index (χ2n) is 0.519. The van der Waals surface area contributed by atoms with Gasteiger partial charge < -0.3 is 21.5 Å². The Morgan fingerprint density at radius 3 is 1.25 bits per heavy atom. The molecule has 0 fully saturated rings. The second-order valence-corrected chi connectivity index (χ2v) is 0.519. The molecule has 0 aromatic heterocycles. The summed E-state index contributed by atoms with van der Waals surface area (Å²) in [5, 5.41) is 7.42. The number of hydrogen-bond acceptors (Lipinski definition) is 1. The summed E-state index contributed by atoms with van der Waals surface area (Å²) in [6.45, 7) is 1.08. The van der Waals surface area contributed by atoms with Crippen molar-refractivity contribution in [2.45, 2.75) is 6.92 Å². The van der Waals surface area contributed by atoms with E-state index in [0.717, 1.165) is 6.92 Å². The first kappa shape index (κ1) is 45.1. The fraction of sp³-hybridized carbons (Fsp3) is 0.500. The van der Waals surface area contributed by atoms with E-state index in [2.05, 4.69) is 0 Å². The zero-order valence-electron chi connectivity index (χ0n) is 4.16. The van der Waals surface area contributed by atoms with Crippen LogP contribution < -0.4 is 0 Å². The Morgan fingerprint density at radius 2 is 1.25 bits per heavy atom. The van der Waals surface area contributed by atoms with Crippen molar-refractivity contribution < 1.29 is 43.4 Å². The second kappa shape index (κ2) is 28.7. The minimum Gasteiger partial charge on any atom is -0.481 e. The summed E-state index contributed by atoms with van der Waals surface area (Å²) in [6, 6.07) is 0. The molecule has 5 nitrogen and oxygen atoms in total. The van der Waals surface area contributed by atoms with Crippen LogP contribution in [0.2, 0.25) is 0 Å². The van der Waals surface area contributed by atoms with Gasteiger partial charge in [-0.2, -0.15) is 0 Å². The topological polar surface area (TPSA) is 132 Å². The first-order valence-electron chi connectivity index (χ1n) is 0.928. The molecule has 0 rings (SSSR count). The standard InChI is InChI=1S/C2H4O2.Cu.3H2O/c1-2(3)4;;;;/h1H3,(H,3,4);;3*1H2. The Kier molecular flexibility index (Phi) is 162. The molecule has 0 aliphatic heterocycles. The molecule has 1 radical (unpaired) electrons. The number of rotatable bonds is 0. The van der Waals surface area contributed by atoms with Gasteiger partial charge >= 0.3 is 0 Å². The molecule has 0 spiro atoms. The molecule has 0 atom stereocenters. The van der Waals surface area contributed by atoms with Crippen LogP contribution in [0.25, 0.3) is 0 Å². The molecule has 0 aromatic carbocycles. The van der Waals surface area contributed by atoms with Crippen LogP contribution in [0.1, 0.15) is 6.92 Å². The zero-order chi connectivity index (χ0) is 3.58. The van der Waals surface area contributed by atoms with Crippen molar-refractivity contribution in [1.82, 2.24) is 0 Å². The maximum atomic E-state index is 9.00. The van der Waals surface area contributed by atoms with E-state index in [9.17, 15) is 0 Å². The van der Waals surface area contributed by atoms with Gasteiger partial charge in [-0.3, -0.25) is 4.79 Å². The molecule has 7 N–H and O–H groups in total. The molecule has 0 aliphatic carbocycles. The Balaban J connectivity index is -0.00000000750. The fourth-order valence-corrected chi connectivity index (χ4v) is 0. The van der Waals surface area contributed by atoms with E-state index in [-0.39, 0.29) is 33.5 Å². The van der Waals surface area contributed by atoms with Crippen molar-refractivity contribution in [3.63, 3.8) is 0 Å². The van der Waals surface area contributed by atoms with Gasteiger partial charge in [-0.15, -0.1) is 0 Å². The minimum atomic E-state index is -0.833. The van der Waals surface area contributed by atoms with Gasteiger partial charge in [-0.25, -0.2) is 0 Å². The van der Waals surface area contributed by atoms with Gasteiger partial charge in [0.2, 0.25) is 0 Å². The molecular weight excluding hydrogens is 168 g/mol. The largest absolute Gasteiger partial charge is 0.481 e. The third kappa shape index (κ3) is 8170. The first-order chi connectivity index (χ1) is 1.73. The molecular formula is C2H10CuO5. The summed E-state index contributed by atoms with van der Waals surface area (Å²) in [5.74, 6) is -0.833. The molecule has 0 saturated heterocycles. The minimum absolute atomic E-state index is 0. The predicted octanol–water partition coefficient (Wildman–Crippen LogP) is -2.39. The maximum Gasteiger partial charge on any atom is 0.300 e. The van der Waals surface area contributed by atoms with Gasteiger partial charge in [0.25, 0.3) is 5.97 Å². The monoisotopic (exact) mass is 177 g/mol. The molecule has 0 bridgehead atoms. The van der Waals surface area contributed by atoms with Gasteiger partial charge in [0.05, 0.1) is 0 Å². The van der Waals surface area contributed by atoms with Crippen molar-refractivity contribution in [3.05, 3.63) is 0 Å². The maximum absolute atomic E-state index is 9.00. The van der Waals surface area contributed by atoms with Crippen LogP contribution in [0.15, 0.2) is 0 Å². The van der Waals surface area contributed by atoms with Crippen LogP contribution in [-0.4, -0.2) is 27.5 Å². The molecule has 0 saturated carbocycles. The van der Waals surface area contributed by atoms with E-state index in [1.54, 1.807) is 0 Å². The summed E-state index contributed by atoms with van der Waals surface area (Å²) < 4.78 is 0. The molecule has 59 valence electrons. The van der Waals surface area contributed by atoms with Crippen molar-refractivity contribution >= 4 is 5.97 Å². The Labute approximate surface area is 57.1 Å². The van der Waals surface area contributed by atoms with Crippen LogP contribution in [-0.2, 0) is 21.9 Å². The summed E-state index contributed by atoms with van der Waals surface area (Å²) in [6.07, 6.45) is 0. The van der Waals surface area contributed by atoms with Crippen LogP contribution in [0.4, 0.5) is 0 Å². The Bertz CT molecular complexity index is 33.4. The average Bonchev–Trinajstić information content (AvgIpc) is 0.811. The molecule has 0 aromatic rings. The van der Waals surface area contributed by atoms with Crippen LogP contribution in [0.5, 0.6) is 0 Å². The van der Waals surface area contributed by atoms with Gasteiger partial charge in [0.1, 0.15) is 0 Å². The molecule has 0 amide bonds. The number of carboxylic acids is 1. The first-order valence-corrected chi connectivity index (χ1v) is 0.928. The summed E-state index contributed by atoms with van der Waals surface area (Å²) in [4.78, 5) is 9.00. The van der Waals surface area contributed by atoms with E-state index in [0.29, 0.717) is 0 Å². The van der Waals surface area contributed by atoms with Crippen molar-refractivity contribution in [2.75, 3.05) is 0 Å². The van der Waals surface area contributed by atoms with Gasteiger partial charge in [0.15, 0.2) is 0 Å². The Hall–Kier alpha value is -0.131. The molecule has 0 heterocycles. The third-order valence-corrected chi connectivity index (χ3v) is 0. The van der Waals surface area contributed by atoms with Crippen molar-refractivity contribution in [2.24, 2.45) is 0 Å². The number of carboxylic acid groups (broad SMARTS) is 1. The van der Waals surface area contributed by atoms with E-state index in [4.69, 9.17) is 9.90 Å². The fourth-order valence-electron chi connectivity index (χ4n) is 0.